The summed E-state index contributed by atoms with van der Waals surface area (Å²) in [6.45, 7) is 0. The molecule has 3 aromatic carbocycles. The molecule has 0 saturated heterocycles. The van der Waals surface area contributed by atoms with Gasteiger partial charge in [-0.25, -0.2) is 13.9 Å². The molecule has 5 aromatic rings. The number of methoxy groups -OCH3 is 1. The van der Waals surface area contributed by atoms with Crippen molar-refractivity contribution in [2.24, 2.45) is 0 Å². The highest BCUT2D eigenvalue weighted by Gasteiger charge is 2.42. The van der Waals surface area contributed by atoms with Crippen LogP contribution >= 0.6 is 23.5 Å². The molecule has 1 unspecified atom stereocenters. The number of hydrogen-bond acceptors (Lipinski definition) is 9. The Labute approximate surface area is 231 Å². The first-order valence-corrected chi connectivity index (χ1v) is 14.0. The first-order valence-electron chi connectivity index (χ1n) is 11.6. The van der Waals surface area contributed by atoms with E-state index in [9.17, 15) is 8.96 Å². The van der Waals surface area contributed by atoms with Crippen molar-refractivity contribution in [2.75, 3.05) is 12.4 Å². The van der Waals surface area contributed by atoms with Crippen LogP contribution in [0.15, 0.2) is 106 Å². The lowest BCUT2D eigenvalue weighted by atomic mass is 10.2. The predicted molar refractivity (Wildman–Crippen MR) is 146 cm³/mol. The quantitative estimate of drug-likeness (QED) is 0.127. The molecule has 0 radical (unpaired) electrons. The molecule has 1 N–H and O–H groups in total. The Morgan fingerprint density at radius 3 is 2.15 bits per heavy atom. The van der Waals surface area contributed by atoms with Gasteiger partial charge in [-0.15, -0.1) is 5.10 Å². The Bertz CT molecular complexity index is 1560. The Morgan fingerprint density at radius 2 is 1.56 bits per heavy atom. The fraction of sp³-hybridized carbons (Fsp3) is 0.0741. The molecule has 39 heavy (non-hydrogen) atoms. The van der Waals surface area contributed by atoms with E-state index in [0.717, 1.165) is 0 Å². The largest absolute Gasteiger partial charge is 0.494 e. The van der Waals surface area contributed by atoms with Crippen molar-refractivity contribution in [3.63, 3.8) is 0 Å². The number of pyridine rings is 1. The minimum Gasteiger partial charge on any atom is -0.494 e. The average molecular weight is 611 g/mol. The predicted octanol–water partition coefficient (Wildman–Crippen LogP) is 7.50. The van der Waals surface area contributed by atoms with E-state index in [-0.39, 0.29) is 34.7 Å². The maximum atomic E-state index is 14.9. The summed E-state index contributed by atoms with van der Waals surface area (Å²) >= 11 is 3.31. The molecule has 9 nitrogen and oxygen atoms in total. The van der Waals surface area contributed by atoms with Gasteiger partial charge >= 0.3 is 13.6 Å². The van der Waals surface area contributed by atoms with Crippen molar-refractivity contribution in [3.8, 4) is 28.8 Å². The summed E-state index contributed by atoms with van der Waals surface area (Å²) in [5, 5.41) is 11.0. The van der Waals surface area contributed by atoms with Crippen LogP contribution in [0.1, 0.15) is 11.3 Å². The number of rotatable bonds is 10. The molecule has 0 aliphatic carbocycles. The molecular formula is C27H21BrFN4O5P. The third-order valence-electron chi connectivity index (χ3n) is 5.38. The molecule has 12 heteroatoms. The van der Waals surface area contributed by atoms with E-state index in [4.69, 9.17) is 18.2 Å². The monoisotopic (exact) mass is 610 g/mol. The van der Waals surface area contributed by atoms with Gasteiger partial charge in [-0.1, -0.05) is 53.6 Å². The number of aromatic nitrogens is 3. The fourth-order valence-electron chi connectivity index (χ4n) is 3.61. The van der Waals surface area contributed by atoms with Gasteiger partial charge in [0.05, 0.1) is 7.11 Å². The van der Waals surface area contributed by atoms with E-state index in [2.05, 4.69) is 36.4 Å². The SMILES string of the molecule is COc1ccc(C(Nc2nnc(-c3cccc(Br)n3)o2)P(=O)(Oc2ccccc2)Oc2ccccc2)cc1F. The number of para-hydroxylation sites is 2. The molecule has 0 saturated carbocycles. The zero-order valence-electron chi connectivity index (χ0n) is 20.4. The lowest BCUT2D eigenvalue weighted by molar-refractivity contribution is 0.373. The van der Waals surface area contributed by atoms with E-state index in [1.165, 1.54) is 19.2 Å². The van der Waals surface area contributed by atoms with Crippen molar-refractivity contribution in [1.82, 2.24) is 15.2 Å². The molecule has 0 bridgehead atoms. The summed E-state index contributed by atoms with van der Waals surface area (Å²) in [6, 6.07) is 26.3. The van der Waals surface area contributed by atoms with Gasteiger partial charge in [0.2, 0.25) is 0 Å². The standard InChI is InChI=1S/C27H21BrFN4O5P/c1-35-23-16-15-18(17-21(23)29)26(31-27-33-32-25(36-27)22-13-8-14-24(28)30-22)39(34,37-19-9-4-2-5-10-19)38-20-11-6-3-7-12-20/h2-17,26H,1H3,(H,31,33). The van der Waals surface area contributed by atoms with E-state index in [1.807, 2.05) is 0 Å². The second-order valence-electron chi connectivity index (χ2n) is 8.05. The summed E-state index contributed by atoms with van der Waals surface area (Å²) in [5.74, 6) is -1.27. The first-order chi connectivity index (χ1) is 18.9. The van der Waals surface area contributed by atoms with E-state index in [1.54, 1.807) is 84.9 Å². The van der Waals surface area contributed by atoms with Crippen LogP contribution in [0.2, 0.25) is 0 Å². The molecule has 0 amide bonds. The lowest BCUT2D eigenvalue weighted by Gasteiger charge is -2.28. The van der Waals surface area contributed by atoms with Crippen LogP contribution in [0.25, 0.3) is 11.6 Å². The fourth-order valence-corrected chi connectivity index (χ4v) is 5.82. The maximum absolute atomic E-state index is 14.9. The third kappa shape index (κ3) is 6.27. The van der Waals surface area contributed by atoms with Crippen molar-refractivity contribution < 1.29 is 27.2 Å². The van der Waals surface area contributed by atoms with Gasteiger partial charge < -0.3 is 23.5 Å². The molecule has 5 rings (SSSR count). The summed E-state index contributed by atoms with van der Waals surface area (Å²) in [4.78, 5) is 4.31. The Kier molecular flexibility index (Phi) is 7.90. The van der Waals surface area contributed by atoms with Gasteiger partial charge in [0.1, 0.15) is 21.8 Å². The average Bonchev–Trinajstić information content (AvgIpc) is 3.42. The lowest BCUT2D eigenvalue weighted by Crippen LogP contribution is -2.18. The number of nitrogens with zero attached hydrogens (tertiary/aromatic N) is 3. The van der Waals surface area contributed by atoms with Crippen molar-refractivity contribution in [1.29, 1.82) is 0 Å². The third-order valence-corrected chi connectivity index (χ3v) is 7.81. The summed E-state index contributed by atoms with van der Waals surface area (Å²) in [6.07, 6.45) is 0. The van der Waals surface area contributed by atoms with Gasteiger partial charge in [-0.3, -0.25) is 0 Å². The van der Waals surface area contributed by atoms with E-state index < -0.39 is 19.2 Å². The molecule has 0 spiro atoms. The zero-order chi connectivity index (χ0) is 27.2. The van der Waals surface area contributed by atoms with Gasteiger partial charge in [0.15, 0.2) is 17.3 Å². The molecule has 198 valence electrons. The number of benzene rings is 3. The van der Waals surface area contributed by atoms with Gasteiger partial charge in [-0.05, 0) is 70.0 Å². The summed E-state index contributed by atoms with van der Waals surface area (Å²) in [7, 11) is -2.89. The van der Waals surface area contributed by atoms with Crippen molar-refractivity contribution in [2.45, 2.75) is 5.78 Å². The molecule has 0 aliphatic heterocycles. The number of nitrogens with one attached hydrogen (secondary N) is 1. The van der Waals surface area contributed by atoms with Crippen LogP contribution in [-0.2, 0) is 4.57 Å². The number of anilines is 1. The second-order valence-corrected chi connectivity index (χ2v) is 10.8. The normalized spacial score (nSPS) is 12.0. The Hall–Kier alpha value is -4.21. The Balaban J connectivity index is 1.59. The summed E-state index contributed by atoms with van der Waals surface area (Å²) in [5.41, 5.74) is 0.644. The van der Waals surface area contributed by atoms with Crippen LogP contribution in [0.4, 0.5) is 10.4 Å². The number of halogens is 2. The molecule has 2 aromatic heterocycles. The molecular weight excluding hydrogens is 590 g/mol. The first kappa shape index (κ1) is 26.4. The van der Waals surface area contributed by atoms with Crippen LogP contribution in [0.5, 0.6) is 17.2 Å². The topological polar surface area (TPSA) is 109 Å². The van der Waals surface area contributed by atoms with E-state index >= 15 is 0 Å². The van der Waals surface area contributed by atoms with Gasteiger partial charge in [0, 0.05) is 0 Å². The second kappa shape index (κ2) is 11.7. The van der Waals surface area contributed by atoms with Gasteiger partial charge in [0.25, 0.3) is 5.89 Å². The number of hydrogen-bond donors (Lipinski definition) is 1. The Morgan fingerprint density at radius 1 is 0.897 bits per heavy atom. The maximum Gasteiger partial charge on any atom is 0.457 e. The molecule has 0 fully saturated rings. The zero-order valence-corrected chi connectivity index (χ0v) is 22.9. The van der Waals surface area contributed by atoms with Crippen LogP contribution in [0, 0.1) is 5.82 Å². The highest BCUT2D eigenvalue weighted by Crippen LogP contribution is 2.60. The van der Waals surface area contributed by atoms with Crippen LogP contribution < -0.4 is 19.1 Å². The minimum atomic E-state index is -4.24. The van der Waals surface area contributed by atoms with Crippen LogP contribution in [-0.4, -0.2) is 22.3 Å². The summed E-state index contributed by atoms with van der Waals surface area (Å²) < 4.78 is 53.0. The van der Waals surface area contributed by atoms with E-state index in [0.29, 0.717) is 10.3 Å². The highest BCUT2D eigenvalue weighted by molar-refractivity contribution is 9.10. The highest BCUT2D eigenvalue weighted by atomic mass is 79.9. The smallest absolute Gasteiger partial charge is 0.457 e. The minimum absolute atomic E-state index is 0.0149. The van der Waals surface area contributed by atoms with Gasteiger partial charge in [-0.2, -0.15) is 0 Å². The molecule has 0 aliphatic rings. The molecule has 2 heterocycles. The van der Waals surface area contributed by atoms with Crippen LogP contribution in [0.3, 0.4) is 0 Å². The van der Waals surface area contributed by atoms with Crippen molar-refractivity contribution in [3.05, 3.63) is 113 Å². The van der Waals surface area contributed by atoms with Crippen molar-refractivity contribution >= 4 is 29.5 Å². The molecule has 1 atom stereocenters. The number of ether oxygens (including phenoxy) is 1.